The van der Waals surface area contributed by atoms with Crippen molar-refractivity contribution in [3.05, 3.63) is 35.5 Å². The minimum absolute atomic E-state index is 0.00341. The van der Waals surface area contributed by atoms with E-state index in [2.05, 4.69) is 5.32 Å². The van der Waals surface area contributed by atoms with Crippen LogP contribution in [0.1, 0.15) is 33.3 Å². The van der Waals surface area contributed by atoms with Gasteiger partial charge in [0.05, 0.1) is 11.8 Å². The number of cyclic esters (lactones) is 2. The minimum atomic E-state index is -1.25. The number of esters is 2. The first kappa shape index (κ1) is 16.9. The SMILES string of the molecule is Cc1ccc(OC(C)C)c(NC=C2C(=O)OC(C)(C)OC2=O)c1. The predicted molar refractivity (Wildman–Crippen MR) is 84.9 cm³/mol. The van der Waals surface area contributed by atoms with Crippen molar-refractivity contribution in [3.8, 4) is 5.75 Å². The van der Waals surface area contributed by atoms with Crippen LogP contribution in [0.4, 0.5) is 5.69 Å². The molecule has 1 fully saturated rings. The van der Waals surface area contributed by atoms with Crippen molar-refractivity contribution in [3.63, 3.8) is 0 Å². The molecule has 0 aliphatic carbocycles. The van der Waals surface area contributed by atoms with E-state index in [9.17, 15) is 9.59 Å². The highest BCUT2D eigenvalue weighted by Gasteiger charge is 2.38. The van der Waals surface area contributed by atoms with Crippen molar-refractivity contribution in [1.29, 1.82) is 0 Å². The summed E-state index contributed by atoms with van der Waals surface area (Å²) in [7, 11) is 0. The number of nitrogens with one attached hydrogen (secondary N) is 1. The van der Waals surface area contributed by atoms with Gasteiger partial charge in [0.1, 0.15) is 5.75 Å². The smallest absolute Gasteiger partial charge is 0.350 e. The zero-order chi connectivity index (χ0) is 17.2. The van der Waals surface area contributed by atoms with Crippen LogP contribution in [0.15, 0.2) is 30.0 Å². The molecule has 1 saturated heterocycles. The number of hydrogen-bond donors (Lipinski definition) is 1. The molecule has 0 bridgehead atoms. The summed E-state index contributed by atoms with van der Waals surface area (Å²) in [5, 5.41) is 2.93. The van der Waals surface area contributed by atoms with E-state index in [0.29, 0.717) is 11.4 Å². The number of benzene rings is 1. The monoisotopic (exact) mass is 319 g/mol. The third kappa shape index (κ3) is 4.25. The summed E-state index contributed by atoms with van der Waals surface area (Å²) in [6.07, 6.45) is 1.28. The van der Waals surface area contributed by atoms with Crippen molar-refractivity contribution >= 4 is 17.6 Å². The maximum Gasteiger partial charge on any atom is 0.350 e. The molecule has 0 amide bonds. The van der Waals surface area contributed by atoms with Crippen LogP contribution in [-0.2, 0) is 19.1 Å². The lowest BCUT2D eigenvalue weighted by atomic mass is 10.2. The number of ether oxygens (including phenoxy) is 3. The summed E-state index contributed by atoms with van der Waals surface area (Å²) in [6.45, 7) is 8.77. The van der Waals surface area contributed by atoms with Gasteiger partial charge in [0.15, 0.2) is 5.57 Å². The highest BCUT2D eigenvalue weighted by molar-refractivity contribution is 6.15. The molecule has 1 heterocycles. The number of anilines is 1. The zero-order valence-corrected chi connectivity index (χ0v) is 13.9. The third-order valence-corrected chi connectivity index (χ3v) is 2.99. The molecule has 0 radical (unpaired) electrons. The van der Waals surface area contributed by atoms with Gasteiger partial charge in [-0.2, -0.15) is 0 Å². The molecule has 0 atom stereocenters. The van der Waals surface area contributed by atoms with Crippen molar-refractivity contribution in [1.82, 2.24) is 0 Å². The molecule has 6 heteroatoms. The fourth-order valence-corrected chi connectivity index (χ4v) is 2.04. The maximum atomic E-state index is 11.9. The van der Waals surface area contributed by atoms with E-state index in [-0.39, 0.29) is 11.7 Å². The first-order valence-electron chi connectivity index (χ1n) is 7.38. The highest BCUT2D eigenvalue weighted by atomic mass is 16.7. The number of hydrogen-bond acceptors (Lipinski definition) is 6. The molecule has 0 saturated carbocycles. The van der Waals surface area contributed by atoms with Gasteiger partial charge in [-0.3, -0.25) is 0 Å². The first-order valence-corrected chi connectivity index (χ1v) is 7.38. The molecule has 23 heavy (non-hydrogen) atoms. The molecule has 1 aliphatic rings. The molecule has 2 rings (SSSR count). The van der Waals surface area contributed by atoms with Gasteiger partial charge in [-0.25, -0.2) is 9.59 Å². The van der Waals surface area contributed by atoms with Gasteiger partial charge in [-0.05, 0) is 38.5 Å². The maximum absolute atomic E-state index is 11.9. The Morgan fingerprint density at radius 1 is 1.17 bits per heavy atom. The third-order valence-electron chi connectivity index (χ3n) is 2.99. The fourth-order valence-electron chi connectivity index (χ4n) is 2.04. The second-order valence-electron chi connectivity index (χ2n) is 6.05. The highest BCUT2D eigenvalue weighted by Crippen LogP contribution is 2.28. The number of aryl methyl sites for hydroxylation is 1. The molecule has 124 valence electrons. The average Bonchev–Trinajstić information content (AvgIpc) is 2.38. The van der Waals surface area contributed by atoms with E-state index in [0.717, 1.165) is 5.56 Å². The second-order valence-corrected chi connectivity index (χ2v) is 6.05. The van der Waals surface area contributed by atoms with Crippen molar-refractivity contribution in [2.45, 2.75) is 46.5 Å². The van der Waals surface area contributed by atoms with E-state index in [1.54, 1.807) is 0 Å². The molecule has 0 unspecified atom stereocenters. The van der Waals surface area contributed by atoms with E-state index in [4.69, 9.17) is 14.2 Å². The van der Waals surface area contributed by atoms with Crippen LogP contribution < -0.4 is 10.1 Å². The molecule has 0 spiro atoms. The van der Waals surface area contributed by atoms with E-state index < -0.39 is 17.7 Å². The van der Waals surface area contributed by atoms with Gasteiger partial charge >= 0.3 is 11.9 Å². The number of rotatable bonds is 4. The topological polar surface area (TPSA) is 73.9 Å². The van der Waals surface area contributed by atoms with Gasteiger partial charge < -0.3 is 19.5 Å². The lowest BCUT2D eigenvalue weighted by Crippen LogP contribution is -2.42. The van der Waals surface area contributed by atoms with E-state index >= 15 is 0 Å². The lowest BCUT2D eigenvalue weighted by molar-refractivity contribution is -0.222. The Labute approximate surface area is 135 Å². The quantitative estimate of drug-likeness (QED) is 0.522. The van der Waals surface area contributed by atoms with Crippen LogP contribution in [0.5, 0.6) is 5.75 Å². The molecule has 6 nitrogen and oxygen atoms in total. The van der Waals surface area contributed by atoms with Crippen LogP contribution in [0.3, 0.4) is 0 Å². The fraction of sp³-hybridized carbons (Fsp3) is 0.412. The van der Waals surface area contributed by atoms with Crippen LogP contribution in [0, 0.1) is 6.92 Å². The number of carbonyl (C=O) groups excluding carboxylic acids is 2. The molecule has 1 aromatic rings. The van der Waals surface area contributed by atoms with Crippen LogP contribution in [0.25, 0.3) is 0 Å². The molecule has 1 aromatic carbocycles. The lowest BCUT2D eigenvalue weighted by Gasteiger charge is -2.29. The van der Waals surface area contributed by atoms with Crippen molar-refractivity contribution < 1.29 is 23.8 Å². The van der Waals surface area contributed by atoms with Crippen molar-refractivity contribution in [2.24, 2.45) is 0 Å². The summed E-state index contributed by atoms with van der Waals surface area (Å²) >= 11 is 0. The summed E-state index contributed by atoms with van der Waals surface area (Å²) in [5.41, 5.74) is 1.47. The van der Waals surface area contributed by atoms with E-state index in [1.165, 1.54) is 20.0 Å². The normalized spacial score (nSPS) is 16.7. The first-order chi connectivity index (χ1) is 10.7. The largest absolute Gasteiger partial charge is 0.489 e. The van der Waals surface area contributed by atoms with E-state index in [1.807, 2.05) is 39.0 Å². The average molecular weight is 319 g/mol. The van der Waals surface area contributed by atoms with Crippen LogP contribution >= 0.6 is 0 Å². The molecular formula is C17H21NO5. The number of carbonyl (C=O) groups is 2. The Bertz CT molecular complexity index is 639. The Balaban J connectivity index is 2.24. The van der Waals surface area contributed by atoms with Gasteiger partial charge in [0.2, 0.25) is 0 Å². The summed E-state index contributed by atoms with van der Waals surface area (Å²) < 4.78 is 15.8. The summed E-state index contributed by atoms with van der Waals surface area (Å²) in [5.74, 6) is -2.07. The Kier molecular flexibility index (Phi) is 4.63. The van der Waals surface area contributed by atoms with Crippen LogP contribution in [0.2, 0.25) is 0 Å². The Morgan fingerprint density at radius 3 is 2.35 bits per heavy atom. The Morgan fingerprint density at radius 2 is 1.78 bits per heavy atom. The van der Waals surface area contributed by atoms with Crippen molar-refractivity contribution in [2.75, 3.05) is 5.32 Å². The Hall–Kier alpha value is -2.50. The molecule has 1 aliphatic heterocycles. The standard InChI is InChI=1S/C17H21NO5/c1-10(2)21-14-7-6-11(3)8-13(14)18-9-12-15(19)22-17(4,5)23-16(12)20/h6-10,18H,1-5H3. The second kappa shape index (κ2) is 6.32. The van der Waals surface area contributed by atoms with Gasteiger partial charge in [-0.15, -0.1) is 0 Å². The zero-order valence-electron chi connectivity index (χ0n) is 13.9. The van der Waals surface area contributed by atoms with Crippen LogP contribution in [-0.4, -0.2) is 23.8 Å². The van der Waals surface area contributed by atoms with Gasteiger partial charge in [0, 0.05) is 20.0 Å². The molecule has 0 aromatic heterocycles. The summed E-state index contributed by atoms with van der Waals surface area (Å²) in [6, 6.07) is 5.61. The van der Waals surface area contributed by atoms with Gasteiger partial charge in [0.25, 0.3) is 5.79 Å². The minimum Gasteiger partial charge on any atom is -0.489 e. The summed E-state index contributed by atoms with van der Waals surface area (Å²) in [4.78, 5) is 23.8. The predicted octanol–water partition coefficient (Wildman–Crippen LogP) is 2.91. The molecule has 1 N–H and O–H groups in total. The molecular weight excluding hydrogens is 298 g/mol. The van der Waals surface area contributed by atoms with Gasteiger partial charge in [-0.1, -0.05) is 6.07 Å².